The molecule has 10 nitrogen and oxygen atoms in total. The molecule has 0 bridgehead atoms. The minimum absolute atomic E-state index is 0.00247. The van der Waals surface area contributed by atoms with Crippen LogP contribution in [0, 0.1) is 11.3 Å². The summed E-state index contributed by atoms with van der Waals surface area (Å²) in [4.78, 5) is 12.7. The Bertz CT molecular complexity index is 1230. The molecule has 0 radical (unpaired) electrons. The molecule has 4 rings (SSSR count). The van der Waals surface area contributed by atoms with Gasteiger partial charge >= 0.3 is 0 Å². The summed E-state index contributed by atoms with van der Waals surface area (Å²) in [6, 6.07) is 7.96. The van der Waals surface area contributed by atoms with Crippen molar-refractivity contribution in [2.24, 2.45) is 14.1 Å². The van der Waals surface area contributed by atoms with Gasteiger partial charge in [-0.1, -0.05) is 0 Å². The Kier molecular flexibility index (Phi) is 6.03. The van der Waals surface area contributed by atoms with Crippen molar-refractivity contribution in [2.45, 2.75) is 6.54 Å². The Morgan fingerprint density at radius 3 is 2.60 bits per heavy atom. The molecule has 0 aliphatic carbocycles. The summed E-state index contributed by atoms with van der Waals surface area (Å²) in [5, 5.41) is 16.7. The normalized spacial score (nSPS) is 10.4. The lowest BCUT2D eigenvalue weighted by atomic mass is 10.1. The van der Waals surface area contributed by atoms with Crippen LogP contribution in [0.2, 0.25) is 0 Å². The topological polar surface area (TPSA) is 149 Å². The molecule has 4 aromatic heterocycles. The molecule has 0 saturated heterocycles. The largest absolute Gasteiger partial charge is 0.382 e. The Hall–Kier alpha value is -3.84. The van der Waals surface area contributed by atoms with E-state index in [1.165, 1.54) is 6.38 Å². The average Bonchev–Trinajstić information content (AvgIpc) is 3.32. The predicted octanol–water partition coefficient (Wildman–Crippen LogP) is 2.27. The quantitative estimate of drug-likeness (QED) is 0.422. The number of pyridine rings is 1. The smallest absolute Gasteiger partial charge is 0.224 e. The van der Waals surface area contributed by atoms with Crippen LogP contribution in [0.15, 0.2) is 30.6 Å². The number of nitrogens with two attached hydrogens (primary N) is 2. The summed E-state index contributed by atoms with van der Waals surface area (Å²) in [6.45, 7) is 0.315. The highest BCUT2D eigenvalue weighted by Crippen LogP contribution is 2.28. The maximum Gasteiger partial charge on any atom is 0.224 e. The number of fused-ring (bicyclic) bond motifs is 1. The Balaban J connectivity index is 0.00000124. The van der Waals surface area contributed by atoms with Crippen LogP contribution in [0.4, 0.5) is 17.6 Å². The fraction of sp³-hybridized carbons (Fsp3) is 0.211. The van der Waals surface area contributed by atoms with Crippen LogP contribution in [0.1, 0.15) is 11.3 Å². The van der Waals surface area contributed by atoms with Crippen LogP contribution in [0.25, 0.3) is 22.3 Å². The van der Waals surface area contributed by atoms with Crippen LogP contribution in [0.5, 0.6) is 0 Å². The third-order valence-electron chi connectivity index (χ3n) is 4.53. The van der Waals surface area contributed by atoms with E-state index in [2.05, 4.69) is 38.1 Å². The third-order valence-corrected chi connectivity index (χ3v) is 4.53. The molecule has 0 aliphatic heterocycles. The second-order valence-corrected chi connectivity index (χ2v) is 6.31. The Morgan fingerprint density at radius 1 is 1.17 bits per heavy atom. The maximum absolute atomic E-state index is 9.35. The zero-order chi connectivity index (χ0) is 21.8. The van der Waals surface area contributed by atoms with Crippen molar-refractivity contribution in [3.63, 3.8) is 0 Å². The monoisotopic (exact) mass is 424 g/mol. The van der Waals surface area contributed by atoms with Crippen molar-refractivity contribution in [3.05, 3.63) is 41.9 Å². The number of rotatable bonds is 4. The summed E-state index contributed by atoms with van der Waals surface area (Å²) >= 11 is 4.64. The molecule has 0 fully saturated rings. The molecule has 0 atom stereocenters. The first-order chi connectivity index (χ1) is 14.5. The molecule has 0 spiro atoms. The van der Waals surface area contributed by atoms with Gasteiger partial charge in [-0.2, -0.15) is 20.3 Å². The maximum atomic E-state index is 9.35. The van der Waals surface area contributed by atoms with Gasteiger partial charge in [-0.05, 0) is 18.2 Å². The van der Waals surface area contributed by atoms with Crippen LogP contribution in [-0.4, -0.2) is 35.7 Å². The van der Waals surface area contributed by atoms with Gasteiger partial charge in [0.25, 0.3) is 0 Å². The van der Waals surface area contributed by atoms with Crippen molar-refractivity contribution in [1.82, 2.24) is 29.3 Å². The van der Waals surface area contributed by atoms with E-state index >= 15 is 0 Å². The van der Waals surface area contributed by atoms with Crippen LogP contribution in [0.3, 0.4) is 0 Å². The number of nitrogens with zero attached hydrogens (tertiary/aromatic N) is 7. The van der Waals surface area contributed by atoms with Crippen molar-refractivity contribution in [3.8, 4) is 17.3 Å². The number of nitrogen functional groups attached to an aromatic ring is 2. The Morgan fingerprint density at radius 2 is 1.93 bits per heavy atom. The lowest BCUT2D eigenvalue weighted by Gasteiger charge is -2.13. The molecule has 154 valence electrons. The fourth-order valence-corrected chi connectivity index (χ4v) is 3.12. The van der Waals surface area contributed by atoms with Crippen LogP contribution in [-0.2, 0) is 20.6 Å². The number of aryl methyl sites for hydroxylation is 2. The van der Waals surface area contributed by atoms with Gasteiger partial charge in [-0.3, -0.25) is 4.68 Å². The summed E-state index contributed by atoms with van der Waals surface area (Å²) < 4.78 is 3.80. The Labute approximate surface area is 178 Å². The van der Waals surface area contributed by atoms with E-state index in [-0.39, 0.29) is 23.1 Å². The number of nitriles is 1. The van der Waals surface area contributed by atoms with Gasteiger partial charge in [0.15, 0.2) is 5.82 Å². The molecule has 4 heterocycles. The lowest BCUT2D eigenvalue weighted by molar-refractivity contribution is 0.774. The third kappa shape index (κ3) is 3.83. The summed E-state index contributed by atoms with van der Waals surface area (Å²) in [5.41, 5.74) is 16.1. The molecule has 0 aromatic carbocycles. The van der Waals surface area contributed by atoms with Gasteiger partial charge < -0.3 is 21.4 Å². The summed E-state index contributed by atoms with van der Waals surface area (Å²) in [7, 11) is 3.85. The zero-order valence-electron chi connectivity index (χ0n) is 16.8. The van der Waals surface area contributed by atoms with Crippen molar-refractivity contribution in [2.75, 3.05) is 23.2 Å². The van der Waals surface area contributed by atoms with Gasteiger partial charge in [0.2, 0.25) is 5.95 Å². The molecule has 0 amide bonds. The number of alkyl halides is 1. The number of nitrogens with one attached hydrogen (secondary N) is 1. The highest BCUT2D eigenvalue weighted by molar-refractivity contribution is 6.15. The molecule has 30 heavy (non-hydrogen) atoms. The second-order valence-electron chi connectivity index (χ2n) is 6.31. The molecule has 0 unspecified atom stereocenters. The molecule has 0 aliphatic rings. The van der Waals surface area contributed by atoms with E-state index in [1.807, 2.05) is 43.1 Å². The van der Waals surface area contributed by atoms with Crippen molar-refractivity contribution < 1.29 is 0 Å². The SMILES string of the molecule is CCl.Cn1nccc1-c1cc2c(ccn2C)nc1CNc1nc(N)nc(N)c1C#N. The van der Waals surface area contributed by atoms with Crippen molar-refractivity contribution in [1.29, 1.82) is 5.26 Å². The van der Waals surface area contributed by atoms with E-state index in [0.29, 0.717) is 6.54 Å². The van der Waals surface area contributed by atoms with E-state index in [4.69, 9.17) is 16.5 Å². The highest BCUT2D eigenvalue weighted by atomic mass is 35.5. The number of hydrogen-bond donors (Lipinski definition) is 3. The number of aromatic nitrogens is 6. The lowest BCUT2D eigenvalue weighted by Crippen LogP contribution is -2.11. The number of anilines is 3. The van der Waals surface area contributed by atoms with Crippen LogP contribution >= 0.6 is 11.6 Å². The van der Waals surface area contributed by atoms with Gasteiger partial charge in [0.05, 0.1) is 29.0 Å². The summed E-state index contributed by atoms with van der Waals surface area (Å²) in [6.07, 6.45) is 5.17. The molecule has 5 N–H and O–H groups in total. The standard InChI is InChI=1S/C18H18N10.CH3Cl/c1-27-6-4-12-15(27)7-10(14-3-5-23-28(14)2)13(24-12)9-22-17-11(8-19)16(20)25-18(21)26-17;1-2/h3-7H,9H2,1-2H3,(H5,20,21,22,25,26);1H3. The molecule has 0 saturated carbocycles. The number of hydrogen-bond acceptors (Lipinski definition) is 8. The number of halogens is 1. The molecule has 4 aromatic rings. The van der Waals surface area contributed by atoms with Crippen molar-refractivity contribution >= 4 is 40.2 Å². The summed E-state index contributed by atoms with van der Waals surface area (Å²) in [5.74, 6) is 0.312. The van der Waals surface area contributed by atoms with E-state index < -0.39 is 0 Å². The zero-order valence-corrected chi connectivity index (χ0v) is 17.5. The fourth-order valence-electron chi connectivity index (χ4n) is 3.12. The first-order valence-corrected chi connectivity index (χ1v) is 9.61. The molecule has 11 heteroatoms. The van der Waals surface area contributed by atoms with Gasteiger partial charge in [0.1, 0.15) is 17.5 Å². The van der Waals surface area contributed by atoms with Gasteiger partial charge in [-0.15, -0.1) is 11.6 Å². The van der Waals surface area contributed by atoms with Crippen LogP contribution < -0.4 is 16.8 Å². The first-order valence-electron chi connectivity index (χ1n) is 8.86. The first kappa shape index (κ1) is 20.9. The minimum atomic E-state index is -0.00247. The van der Waals surface area contributed by atoms with Gasteiger partial charge in [0, 0.05) is 38.4 Å². The minimum Gasteiger partial charge on any atom is -0.382 e. The average molecular weight is 425 g/mol. The second kappa shape index (κ2) is 8.67. The molecular weight excluding hydrogens is 404 g/mol. The predicted molar refractivity (Wildman–Crippen MR) is 118 cm³/mol. The highest BCUT2D eigenvalue weighted by Gasteiger charge is 2.16. The van der Waals surface area contributed by atoms with E-state index in [1.54, 1.807) is 10.9 Å². The molecular formula is C19H21ClN10. The van der Waals surface area contributed by atoms with Gasteiger partial charge in [-0.25, -0.2) is 4.98 Å². The van der Waals surface area contributed by atoms with E-state index in [0.717, 1.165) is 28.0 Å². The van der Waals surface area contributed by atoms with E-state index in [9.17, 15) is 5.26 Å².